The Morgan fingerprint density at radius 3 is 2.43 bits per heavy atom. The van der Waals surface area contributed by atoms with Crippen LogP contribution in [-0.2, 0) is 11.5 Å². The van der Waals surface area contributed by atoms with Crippen LogP contribution < -0.4 is 5.73 Å². The van der Waals surface area contributed by atoms with Crippen molar-refractivity contribution < 1.29 is 4.92 Å². The second kappa shape index (κ2) is 7.19. The maximum absolute atomic E-state index is 10.6. The first kappa shape index (κ1) is 15.5. The Bertz CT molecular complexity index is 657. The minimum atomic E-state index is -0.393. The number of non-ortho nitro benzene ring substituents is 1. The number of hydrogen-bond donors (Lipinski definition) is 1. The maximum atomic E-state index is 10.6. The van der Waals surface area contributed by atoms with Crippen LogP contribution in [0.15, 0.2) is 48.5 Å². The second-order valence-electron chi connectivity index (χ2n) is 4.44. The Kier molecular flexibility index (Phi) is 5.30. The first-order chi connectivity index (χ1) is 10.1. The zero-order valence-corrected chi connectivity index (χ0v) is 12.8. The van der Waals surface area contributed by atoms with Crippen LogP contribution in [0.25, 0.3) is 0 Å². The van der Waals surface area contributed by atoms with Gasteiger partial charge in [-0.2, -0.15) is 11.8 Å². The molecule has 108 valence electrons. The summed E-state index contributed by atoms with van der Waals surface area (Å²) in [6, 6.07) is 14.4. The van der Waals surface area contributed by atoms with Gasteiger partial charge in [-0.15, -0.1) is 0 Å². The molecule has 21 heavy (non-hydrogen) atoms. The molecule has 0 aliphatic carbocycles. The Labute approximate surface area is 132 Å². The summed E-state index contributed by atoms with van der Waals surface area (Å²) in [4.78, 5) is 10.6. The highest BCUT2D eigenvalue weighted by molar-refractivity contribution is 7.97. The number of benzene rings is 2. The number of nitrogens with zero attached hydrogens (tertiary/aromatic N) is 1. The number of nitrogens with two attached hydrogens (primary N) is 1. The van der Waals surface area contributed by atoms with Crippen LogP contribution in [0.2, 0.25) is 0 Å². The number of hydrogen-bond acceptors (Lipinski definition) is 4. The van der Waals surface area contributed by atoms with E-state index in [1.54, 1.807) is 23.9 Å². The van der Waals surface area contributed by atoms with Crippen molar-refractivity contribution in [3.63, 3.8) is 0 Å². The van der Waals surface area contributed by atoms with Crippen LogP contribution in [0.5, 0.6) is 0 Å². The molecule has 0 saturated carbocycles. The molecule has 0 atom stereocenters. The largest absolute Gasteiger partial charge is 0.389 e. The Morgan fingerprint density at radius 2 is 1.81 bits per heavy atom. The van der Waals surface area contributed by atoms with Gasteiger partial charge in [0.2, 0.25) is 0 Å². The molecule has 2 N–H and O–H groups in total. The van der Waals surface area contributed by atoms with E-state index in [0.717, 1.165) is 28.2 Å². The average Bonchev–Trinajstić information content (AvgIpc) is 2.48. The molecule has 0 amide bonds. The molecule has 2 rings (SSSR count). The van der Waals surface area contributed by atoms with Gasteiger partial charge in [0.15, 0.2) is 0 Å². The van der Waals surface area contributed by atoms with Gasteiger partial charge in [0.25, 0.3) is 5.69 Å². The number of nitro groups is 1. The molecule has 6 heteroatoms. The maximum Gasteiger partial charge on any atom is 0.269 e. The molecule has 0 spiro atoms. The first-order valence-electron chi connectivity index (χ1n) is 6.26. The highest BCUT2D eigenvalue weighted by Crippen LogP contribution is 2.22. The summed E-state index contributed by atoms with van der Waals surface area (Å²) >= 11 is 6.76. The number of thioether (sulfide) groups is 1. The van der Waals surface area contributed by atoms with Crippen molar-refractivity contribution in [3.05, 3.63) is 75.3 Å². The molecule has 0 aromatic heterocycles. The molecule has 2 aromatic carbocycles. The van der Waals surface area contributed by atoms with Crippen LogP contribution in [0.1, 0.15) is 16.7 Å². The van der Waals surface area contributed by atoms with Crippen molar-refractivity contribution >= 4 is 34.7 Å². The highest BCUT2D eigenvalue weighted by atomic mass is 32.2. The predicted octanol–water partition coefficient (Wildman–Crippen LogP) is 3.66. The molecule has 0 aliphatic rings. The minimum Gasteiger partial charge on any atom is -0.389 e. The Hall–Kier alpha value is -1.92. The summed E-state index contributed by atoms with van der Waals surface area (Å²) in [5, 5.41) is 10.6. The molecule has 0 saturated heterocycles. The van der Waals surface area contributed by atoms with Crippen LogP contribution in [0.3, 0.4) is 0 Å². The van der Waals surface area contributed by atoms with Gasteiger partial charge in [-0.3, -0.25) is 10.1 Å². The summed E-state index contributed by atoms with van der Waals surface area (Å²) in [5.41, 5.74) is 8.88. The van der Waals surface area contributed by atoms with Gasteiger partial charge in [0, 0.05) is 29.2 Å². The Balaban J connectivity index is 1.95. The molecular weight excluding hydrogens is 304 g/mol. The van der Waals surface area contributed by atoms with Crippen LogP contribution >= 0.6 is 24.0 Å². The number of rotatable bonds is 6. The molecule has 0 aliphatic heterocycles. The fourth-order valence-electron chi connectivity index (χ4n) is 1.88. The Morgan fingerprint density at radius 1 is 1.14 bits per heavy atom. The topological polar surface area (TPSA) is 69.2 Å². The summed E-state index contributed by atoms with van der Waals surface area (Å²) in [5.74, 6) is 1.58. The third-order valence-electron chi connectivity index (χ3n) is 2.96. The first-order valence-corrected chi connectivity index (χ1v) is 7.83. The number of thiocarbonyl (C=S) groups is 1. The van der Waals surface area contributed by atoms with Crippen molar-refractivity contribution in [2.75, 3.05) is 0 Å². The van der Waals surface area contributed by atoms with Gasteiger partial charge in [0.05, 0.1) is 4.92 Å². The van der Waals surface area contributed by atoms with Crippen molar-refractivity contribution in [1.29, 1.82) is 0 Å². The second-order valence-corrected chi connectivity index (χ2v) is 5.86. The summed E-state index contributed by atoms with van der Waals surface area (Å²) in [6.07, 6.45) is 0. The lowest BCUT2D eigenvalue weighted by Gasteiger charge is -2.07. The molecule has 0 radical (unpaired) electrons. The smallest absolute Gasteiger partial charge is 0.269 e. The molecule has 0 unspecified atom stereocenters. The van der Waals surface area contributed by atoms with Crippen LogP contribution in [0, 0.1) is 10.1 Å². The van der Waals surface area contributed by atoms with E-state index in [1.807, 2.05) is 24.3 Å². The number of nitro benzene ring substituents is 1. The monoisotopic (exact) mass is 318 g/mol. The third-order valence-corrected chi connectivity index (χ3v) is 4.23. The fourth-order valence-corrected chi connectivity index (χ4v) is 3.08. The molecule has 0 fully saturated rings. The molecule has 0 heterocycles. The summed E-state index contributed by atoms with van der Waals surface area (Å²) < 4.78 is 0. The standard InChI is InChI=1S/C15H14N2O2S2/c16-15(20)14-4-2-1-3-12(14)10-21-9-11-5-7-13(8-6-11)17(18)19/h1-8H,9-10H2,(H2,16,20). The van der Waals surface area contributed by atoms with Gasteiger partial charge < -0.3 is 5.73 Å². The van der Waals surface area contributed by atoms with Crippen molar-refractivity contribution in [2.24, 2.45) is 5.73 Å². The fraction of sp³-hybridized carbons (Fsp3) is 0.133. The van der Waals surface area contributed by atoms with Gasteiger partial charge in [-0.1, -0.05) is 48.6 Å². The van der Waals surface area contributed by atoms with E-state index >= 15 is 0 Å². The van der Waals surface area contributed by atoms with E-state index in [-0.39, 0.29) is 5.69 Å². The van der Waals surface area contributed by atoms with Crippen molar-refractivity contribution in [1.82, 2.24) is 0 Å². The van der Waals surface area contributed by atoms with Gasteiger partial charge in [-0.25, -0.2) is 0 Å². The quantitative estimate of drug-likeness (QED) is 0.500. The van der Waals surface area contributed by atoms with E-state index in [1.165, 1.54) is 12.1 Å². The van der Waals surface area contributed by atoms with Crippen molar-refractivity contribution in [3.8, 4) is 0 Å². The normalized spacial score (nSPS) is 10.3. The lowest BCUT2D eigenvalue weighted by molar-refractivity contribution is -0.384. The minimum absolute atomic E-state index is 0.113. The zero-order valence-electron chi connectivity index (χ0n) is 11.2. The van der Waals surface area contributed by atoms with Gasteiger partial charge >= 0.3 is 0 Å². The highest BCUT2D eigenvalue weighted by Gasteiger charge is 2.06. The molecule has 4 nitrogen and oxygen atoms in total. The van der Waals surface area contributed by atoms with E-state index < -0.39 is 4.92 Å². The zero-order chi connectivity index (χ0) is 15.2. The molecular formula is C15H14N2O2S2. The predicted molar refractivity (Wildman–Crippen MR) is 90.4 cm³/mol. The average molecular weight is 318 g/mol. The van der Waals surface area contributed by atoms with Crippen LogP contribution in [0.4, 0.5) is 5.69 Å². The SMILES string of the molecule is NC(=S)c1ccccc1CSCc1ccc([N+](=O)[O-])cc1. The lowest BCUT2D eigenvalue weighted by atomic mass is 10.1. The third kappa shape index (κ3) is 4.27. The van der Waals surface area contributed by atoms with E-state index in [0.29, 0.717) is 4.99 Å². The van der Waals surface area contributed by atoms with Crippen LogP contribution in [-0.4, -0.2) is 9.91 Å². The van der Waals surface area contributed by atoms with Gasteiger partial charge in [0.1, 0.15) is 4.99 Å². The van der Waals surface area contributed by atoms with E-state index in [4.69, 9.17) is 18.0 Å². The van der Waals surface area contributed by atoms with Gasteiger partial charge in [-0.05, 0) is 11.1 Å². The lowest BCUT2D eigenvalue weighted by Crippen LogP contribution is -2.11. The molecule has 2 aromatic rings. The molecule has 0 bridgehead atoms. The summed E-state index contributed by atoms with van der Waals surface area (Å²) in [6.45, 7) is 0. The van der Waals surface area contributed by atoms with E-state index in [9.17, 15) is 10.1 Å². The van der Waals surface area contributed by atoms with E-state index in [2.05, 4.69) is 0 Å². The van der Waals surface area contributed by atoms with Crippen molar-refractivity contribution in [2.45, 2.75) is 11.5 Å². The summed E-state index contributed by atoms with van der Waals surface area (Å²) in [7, 11) is 0.